The number of nitrogens with zero attached hydrogens (tertiary/aromatic N) is 2. The zero-order valence-corrected chi connectivity index (χ0v) is 22.6. The van der Waals surface area contributed by atoms with Gasteiger partial charge in [0, 0.05) is 23.4 Å². The number of hydrogen-bond donors (Lipinski definition) is 2. The minimum absolute atomic E-state index is 0.0776. The fourth-order valence-corrected chi connectivity index (χ4v) is 3.76. The van der Waals surface area contributed by atoms with Gasteiger partial charge in [0.1, 0.15) is 5.60 Å². The van der Waals surface area contributed by atoms with Crippen LogP contribution in [-0.2, 0) is 15.7 Å². The molecule has 2 N–H and O–H groups in total. The van der Waals surface area contributed by atoms with E-state index in [0.29, 0.717) is 11.1 Å². The van der Waals surface area contributed by atoms with E-state index < -0.39 is 17.7 Å². The molecule has 2 aromatic carbocycles. The molecule has 0 bridgehead atoms. The number of nitrogens with one attached hydrogen (secondary N) is 2. The lowest BCUT2D eigenvalue weighted by atomic mass is 9.91. The number of carbonyl (C=O) groups is 2. The van der Waals surface area contributed by atoms with E-state index in [0.717, 1.165) is 17.7 Å². The quantitative estimate of drug-likeness (QED) is 0.283. The van der Waals surface area contributed by atoms with E-state index in [-0.39, 0.29) is 42.6 Å². The van der Waals surface area contributed by atoms with Gasteiger partial charge in [0.15, 0.2) is 0 Å². The van der Waals surface area contributed by atoms with Crippen molar-refractivity contribution in [3.8, 4) is 11.4 Å². The molecule has 8 nitrogen and oxygen atoms in total. The summed E-state index contributed by atoms with van der Waals surface area (Å²) in [5.41, 5.74) is 2.00. The summed E-state index contributed by atoms with van der Waals surface area (Å²) >= 11 is 0. The topological polar surface area (TPSA) is 106 Å². The summed E-state index contributed by atoms with van der Waals surface area (Å²) in [6.45, 7) is 9.68. The fourth-order valence-electron chi connectivity index (χ4n) is 3.76. The Morgan fingerprint density at radius 1 is 1.03 bits per heavy atom. The van der Waals surface area contributed by atoms with E-state index in [9.17, 15) is 22.8 Å². The third-order valence-corrected chi connectivity index (χ3v) is 5.91. The van der Waals surface area contributed by atoms with Crippen LogP contribution in [0.4, 0.5) is 18.9 Å². The van der Waals surface area contributed by atoms with Gasteiger partial charge in [-0.3, -0.25) is 9.59 Å². The molecule has 210 valence electrons. The zero-order valence-electron chi connectivity index (χ0n) is 22.6. The summed E-state index contributed by atoms with van der Waals surface area (Å²) in [6.07, 6.45) is -3.75. The number of halogens is 3. The molecule has 0 saturated heterocycles. The first kappa shape index (κ1) is 29.7. The Morgan fingerprint density at radius 2 is 1.67 bits per heavy atom. The highest BCUT2D eigenvalue weighted by atomic mass is 19.4. The SMILES string of the molecule is CCC(C)[C@H](Nc1ccc(C(=O)NCCC(=O)OC(C)(C)C)cc1)c1ccc(-c2noc(C(F)(F)F)n2)cc1. The first-order valence-corrected chi connectivity index (χ1v) is 12.6. The van der Waals surface area contributed by atoms with Crippen molar-refractivity contribution < 1.29 is 32.0 Å². The minimum atomic E-state index is -4.70. The summed E-state index contributed by atoms with van der Waals surface area (Å²) in [4.78, 5) is 27.7. The number of esters is 1. The second kappa shape index (κ2) is 12.3. The fraction of sp³-hybridized carbons (Fsp3) is 0.429. The molecule has 3 aromatic rings. The maximum absolute atomic E-state index is 12.8. The first-order valence-electron chi connectivity index (χ1n) is 12.6. The molecule has 0 aliphatic rings. The molecule has 11 heteroatoms. The Labute approximate surface area is 225 Å². The number of carbonyl (C=O) groups excluding carboxylic acids is 2. The number of benzene rings is 2. The summed E-state index contributed by atoms with van der Waals surface area (Å²) < 4.78 is 47.9. The number of amides is 1. The van der Waals surface area contributed by atoms with E-state index in [1.54, 1.807) is 57.2 Å². The lowest BCUT2D eigenvalue weighted by molar-refractivity contribution is -0.159. The predicted octanol–water partition coefficient (Wildman–Crippen LogP) is 6.42. The smallest absolute Gasteiger partial charge is 0.460 e. The first-order chi connectivity index (χ1) is 18.3. The molecule has 1 amide bonds. The highest BCUT2D eigenvalue weighted by Gasteiger charge is 2.38. The third kappa shape index (κ3) is 8.56. The van der Waals surface area contributed by atoms with Crippen molar-refractivity contribution in [3.05, 3.63) is 65.5 Å². The maximum atomic E-state index is 12.8. The van der Waals surface area contributed by atoms with Gasteiger partial charge in [-0.2, -0.15) is 18.2 Å². The van der Waals surface area contributed by atoms with Crippen LogP contribution in [0.2, 0.25) is 0 Å². The second-order valence-electron chi connectivity index (χ2n) is 10.2. The summed E-state index contributed by atoms with van der Waals surface area (Å²) in [6, 6.07) is 13.8. The van der Waals surface area contributed by atoms with E-state index in [4.69, 9.17) is 4.74 Å². The molecular weight excluding hydrogens is 513 g/mol. The van der Waals surface area contributed by atoms with Gasteiger partial charge < -0.3 is 19.9 Å². The Bertz CT molecular complexity index is 1250. The Hall–Kier alpha value is -3.89. The predicted molar refractivity (Wildman–Crippen MR) is 140 cm³/mol. The van der Waals surface area contributed by atoms with Gasteiger partial charge in [0.2, 0.25) is 5.82 Å². The van der Waals surface area contributed by atoms with Gasteiger partial charge in [-0.25, -0.2) is 0 Å². The standard InChI is InChI=1S/C28H33F3N4O4/c1-6-17(2)23(18-7-9-19(10-8-18)24-34-26(39-35-24)28(29,30)31)33-21-13-11-20(12-14-21)25(37)32-16-15-22(36)38-27(3,4)5/h7-14,17,23,33H,6,15-16H2,1-5H3,(H,32,37)/t17?,23-/m0/s1. The normalized spacial score (nSPS) is 13.4. The van der Waals surface area contributed by atoms with Crippen molar-refractivity contribution in [2.24, 2.45) is 5.92 Å². The van der Waals surface area contributed by atoms with Crippen LogP contribution in [0.25, 0.3) is 11.4 Å². The lowest BCUT2D eigenvalue weighted by Gasteiger charge is -2.26. The molecule has 1 aromatic heterocycles. The van der Waals surface area contributed by atoms with Crippen molar-refractivity contribution in [2.75, 3.05) is 11.9 Å². The number of aromatic nitrogens is 2. The molecule has 39 heavy (non-hydrogen) atoms. The van der Waals surface area contributed by atoms with Crippen LogP contribution in [0.3, 0.4) is 0 Å². The van der Waals surface area contributed by atoms with Crippen molar-refractivity contribution >= 4 is 17.6 Å². The van der Waals surface area contributed by atoms with Gasteiger partial charge in [0.25, 0.3) is 5.91 Å². The molecule has 1 unspecified atom stereocenters. The van der Waals surface area contributed by atoms with Gasteiger partial charge in [-0.1, -0.05) is 49.7 Å². The second-order valence-corrected chi connectivity index (χ2v) is 10.2. The van der Waals surface area contributed by atoms with Gasteiger partial charge in [0.05, 0.1) is 12.5 Å². The number of rotatable bonds is 10. The van der Waals surface area contributed by atoms with Crippen LogP contribution in [0.15, 0.2) is 53.1 Å². The van der Waals surface area contributed by atoms with Crippen LogP contribution in [-0.4, -0.2) is 34.2 Å². The molecule has 0 radical (unpaired) electrons. The Balaban J connectivity index is 1.64. The molecule has 1 heterocycles. The van der Waals surface area contributed by atoms with Crippen molar-refractivity contribution in [1.29, 1.82) is 0 Å². The molecule has 3 rings (SSSR count). The van der Waals surface area contributed by atoms with Crippen LogP contribution in [0, 0.1) is 5.92 Å². The highest BCUT2D eigenvalue weighted by Crippen LogP contribution is 2.32. The monoisotopic (exact) mass is 546 g/mol. The van der Waals surface area contributed by atoms with Gasteiger partial charge >= 0.3 is 18.0 Å². The van der Waals surface area contributed by atoms with Crippen LogP contribution < -0.4 is 10.6 Å². The maximum Gasteiger partial charge on any atom is 0.471 e. The minimum Gasteiger partial charge on any atom is -0.460 e. The summed E-state index contributed by atoms with van der Waals surface area (Å²) in [5, 5.41) is 9.63. The average Bonchev–Trinajstić information content (AvgIpc) is 3.37. The highest BCUT2D eigenvalue weighted by molar-refractivity contribution is 5.94. The van der Waals surface area contributed by atoms with E-state index >= 15 is 0 Å². The summed E-state index contributed by atoms with van der Waals surface area (Å²) in [5.74, 6) is -1.99. The molecular formula is C28H33F3N4O4. The van der Waals surface area contributed by atoms with E-state index in [1.807, 2.05) is 12.1 Å². The number of ether oxygens (including phenoxy) is 1. The van der Waals surface area contributed by atoms with E-state index in [1.165, 1.54) is 0 Å². The van der Waals surface area contributed by atoms with Crippen molar-refractivity contribution in [1.82, 2.24) is 15.5 Å². The largest absolute Gasteiger partial charge is 0.471 e. The molecule has 0 spiro atoms. The number of hydrogen-bond acceptors (Lipinski definition) is 7. The van der Waals surface area contributed by atoms with Crippen LogP contribution in [0.1, 0.15) is 75.3 Å². The molecule has 0 saturated carbocycles. The van der Waals surface area contributed by atoms with E-state index in [2.05, 4.69) is 39.1 Å². The van der Waals surface area contributed by atoms with Gasteiger partial charge in [-0.15, -0.1) is 0 Å². The summed E-state index contributed by atoms with van der Waals surface area (Å²) in [7, 11) is 0. The average molecular weight is 547 g/mol. The third-order valence-electron chi connectivity index (χ3n) is 5.91. The number of alkyl halides is 3. The molecule has 0 aliphatic heterocycles. The lowest BCUT2D eigenvalue weighted by Crippen LogP contribution is -2.29. The molecule has 2 atom stereocenters. The van der Waals surface area contributed by atoms with Crippen molar-refractivity contribution in [2.45, 2.75) is 65.3 Å². The van der Waals surface area contributed by atoms with Crippen molar-refractivity contribution in [3.63, 3.8) is 0 Å². The van der Waals surface area contributed by atoms with Crippen LogP contribution >= 0.6 is 0 Å². The van der Waals surface area contributed by atoms with Gasteiger partial charge in [-0.05, 0) is 56.5 Å². The van der Waals surface area contributed by atoms with Crippen LogP contribution in [0.5, 0.6) is 0 Å². The Morgan fingerprint density at radius 3 is 2.21 bits per heavy atom. The molecule has 0 fully saturated rings. The number of anilines is 1. The molecule has 0 aliphatic carbocycles. The zero-order chi connectivity index (χ0) is 28.8. The Kier molecular flexibility index (Phi) is 9.36.